The zero-order valence-electron chi connectivity index (χ0n) is 10.1. The number of fused-ring (bicyclic) bond motifs is 1. The van der Waals surface area contributed by atoms with E-state index in [1.807, 2.05) is 0 Å². The fourth-order valence-corrected chi connectivity index (χ4v) is 2.78. The molecule has 0 spiro atoms. The van der Waals surface area contributed by atoms with Gasteiger partial charge in [-0.3, -0.25) is 0 Å². The monoisotopic (exact) mass is 227 g/mol. The van der Waals surface area contributed by atoms with Gasteiger partial charge in [0.2, 0.25) is 0 Å². The van der Waals surface area contributed by atoms with Gasteiger partial charge in [0.15, 0.2) is 0 Å². The predicted molar refractivity (Wildman–Crippen MR) is 70.7 cm³/mol. The maximum absolute atomic E-state index is 5.54. The van der Waals surface area contributed by atoms with Gasteiger partial charge in [0.05, 0.1) is 7.11 Å². The number of benzene rings is 2. The number of methoxy groups -OCH3 is 1. The van der Waals surface area contributed by atoms with E-state index in [4.69, 9.17) is 4.74 Å². The summed E-state index contributed by atoms with van der Waals surface area (Å²) in [5.41, 5.74) is 1.37. The van der Waals surface area contributed by atoms with Gasteiger partial charge in [-0.15, -0.1) is 0 Å². The Hall–Kier alpha value is -1.54. The van der Waals surface area contributed by atoms with Crippen molar-refractivity contribution in [2.24, 2.45) is 0 Å². The molecule has 0 radical (unpaired) electrons. The number of ether oxygens (including phenoxy) is 1. The van der Waals surface area contributed by atoms with Gasteiger partial charge < -0.3 is 10.1 Å². The molecule has 2 aromatic carbocycles. The van der Waals surface area contributed by atoms with Crippen molar-refractivity contribution in [2.45, 2.75) is 12.3 Å². The first-order valence-corrected chi connectivity index (χ1v) is 6.16. The number of hydrogen-bond acceptors (Lipinski definition) is 2. The Balaban J connectivity index is 2.23. The average Bonchev–Trinajstić information content (AvgIpc) is 2.91. The Morgan fingerprint density at radius 2 is 2.06 bits per heavy atom. The molecule has 1 unspecified atom stereocenters. The molecule has 2 aromatic rings. The van der Waals surface area contributed by atoms with Crippen molar-refractivity contribution in [1.29, 1.82) is 0 Å². The van der Waals surface area contributed by atoms with Crippen LogP contribution in [0.5, 0.6) is 5.75 Å². The lowest BCUT2D eigenvalue weighted by Crippen LogP contribution is -2.09. The minimum absolute atomic E-state index is 0.580. The van der Waals surface area contributed by atoms with Crippen LogP contribution in [-0.2, 0) is 0 Å². The van der Waals surface area contributed by atoms with E-state index in [0.717, 1.165) is 18.8 Å². The first-order chi connectivity index (χ1) is 8.40. The van der Waals surface area contributed by atoms with E-state index in [1.54, 1.807) is 7.11 Å². The quantitative estimate of drug-likeness (QED) is 0.851. The van der Waals surface area contributed by atoms with E-state index in [2.05, 4.69) is 41.7 Å². The highest BCUT2D eigenvalue weighted by molar-refractivity contribution is 5.88. The second kappa shape index (κ2) is 4.38. The molecule has 0 bridgehead atoms. The van der Waals surface area contributed by atoms with Gasteiger partial charge in [-0.2, -0.15) is 0 Å². The van der Waals surface area contributed by atoms with Gasteiger partial charge in [-0.1, -0.05) is 30.3 Å². The smallest absolute Gasteiger partial charge is 0.123 e. The third-order valence-corrected chi connectivity index (χ3v) is 3.62. The molecule has 2 heteroatoms. The van der Waals surface area contributed by atoms with E-state index < -0.39 is 0 Å². The van der Waals surface area contributed by atoms with E-state index in [1.165, 1.54) is 22.8 Å². The van der Waals surface area contributed by atoms with Gasteiger partial charge in [-0.25, -0.2) is 0 Å². The minimum atomic E-state index is 0.580. The maximum Gasteiger partial charge on any atom is 0.123 e. The summed E-state index contributed by atoms with van der Waals surface area (Å²) in [5.74, 6) is 1.61. The van der Waals surface area contributed by atoms with Crippen LogP contribution >= 0.6 is 0 Å². The van der Waals surface area contributed by atoms with E-state index in [-0.39, 0.29) is 0 Å². The lowest BCUT2D eigenvalue weighted by Gasteiger charge is -2.16. The standard InChI is InChI=1S/C15H17NO/c1-17-14-7-6-11-4-2-3-5-13(11)15(14)12-8-9-16-10-12/h2-7,12,16H,8-10H2,1H3. The number of rotatable bonds is 2. The van der Waals surface area contributed by atoms with Crippen LogP contribution in [0.15, 0.2) is 36.4 Å². The van der Waals surface area contributed by atoms with Crippen molar-refractivity contribution >= 4 is 10.8 Å². The predicted octanol–water partition coefficient (Wildman–Crippen LogP) is 2.93. The zero-order valence-corrected chi connectivity index (χ0v) is 10.1. The summed E-state index contributed by atoms with van der Waals surface area (Å²) < 4.78 is 5.54. The van der Waals surface area contributed by atoms with Crippen molar-refractivity contribution in [3.63, 3.8) is 0 Å². The first kappa shape index (κ1) is 10.6. The van der Waals surface area contributed by atoms with Crippen molar-refractivity contribution in [1.82, 2.24) is 5.32 Å². The lowest BCUT2D eigenvalue weighted by atomic mass is 9.92. The molecule has 17 heavy (non-hydrogen) atoms. The van der Waals surface area contributed by atoms with Gasteiger partial charge in [0.25, 0.3) is 0 Å². The van der Waals surface area contributed by atoms with Crippen LogP contribution in [0.25, 0.3) is 10.8 Å². The summed E-state index contributed by atoms with van der Waals surface area (Å²) >= 11 is 0. The van der Waals surface area contributed by atoms with Crippen LogP contribution in [0.3, 0.4) is 0 Å². The van der Waals surface area contributed by atoms with Gasteiger partial charge in [0.1, 0.15) is 5.75 Å². The Kier molecular flexibility index (Phi) is 2.73. The molecule has 1 N–H and O–H groups in total. The third kappa shape index (κ3) is 1.79. The molecule has 0 saturated carbocycles. The summed E-state index contributed by atoms with van der Waals surface area (Å²) in [6.07, 6.45) is 1.20. The fraction of sp³-hybridized carbons (Fsp3) is 0.333. The highest BCUT2D eigenvalue weighted by Gasteiger charge is 2.22. The van der Waals surface area contributed by atoms with E-state index in [0.29, 0.717) is 5.92 Å². The lowest BCUT2D eigenvalue weighted by molar-refractivity contribution is 0.407. The number of nitrogens with one attached hydrogen (secondary N) is 1. The highest BCUT2D eigenvalue weighted by Crippen LogP contribution is 2.36. The second-order valence-electron chi connectivity index (χ2n) is 4.59. The topological polar surface area (TPSA) is 21.3 Å². The zero-order chi connectivity index (χ0) is 11.7. The SMILES string of the molecule is COc1ccc2ccccc2c1C1CCNC1. The fourth-order valence-electron chi connectivity index (χ4n) is 2.78. The molecule has 1 heterocycles. The maximum atomic E-state index is 5.54. The van der Waals surface area contributed by atoms with Gasteiger partial charge in [0, 0.05) is 18.0 Å². The van der Waals surface area contributed by atoms with E-state index >= 15 is 0 Å². The van der Waals surface area contributed by atoms with Crippen LogP contribution in [0.2, 0.25) is 0 Å². The molecule has 0 amide bonds. The second-order valence-corrected chi connectivity index (χ2v) is 4.59. The molecule has 1 saturated heterocycles. The summed E-state index contributed by atoms with van der Waals surface area (Å²) in [4.78, 5) is 0. The average molecular weight is 227 g/mol. The van der Waals surface area contributed by atoms with Crippen LogP contribution in [-0.4, -0.2) is 20.2 Å². The molecule has 1 aliphatic heterocycles. The minimum Gasteiger partial charge on any atom is -0.496 e. The summed E-state index contributed by atoms with van der Waals surface area (Å²) in [6, 6.07) is 12.8. The van der Waals surface area contributed by atoms with Crippen LogP contribution < -0.4 is 10.1 Å². The highest BCUT2D eigenvalue weighted by atomic mass is 16.5. The van der Waals surface area contributed by atoms with Crippen LogP contribution in [0.4, 0.5) is 0 Å². The molecule has 2 nitrogen and oxygen atoms in total. The number of hydrogen-bond donors (Lipinski definition) is 1. The Labute approximate surface area is 102 Å². The molecular weight excluding hydrogens is 210 g/mol. The molecule has 88 valence electrons. The van der Waals surface area contributed by atoms with E-state index in [9.17, 15) is 0 Å². The van der Waals surface area contributed by atoms with Crippen LogP contribution in [0.1, 0.15) is 17.9 Å². The molecule has 0 aliphatic carbocycles. The Morgan fingerprint density at radius 3 is 2.82 bits per heavy atom. The van der Waals surface area contributed by atoms with Crippen molar-refractivity contribution in [3.8, 4) is 5.75 Å². The molecule has 3 rings (SSSR count). The normalized spacial score (nSPS) is 19.7. The molecule has 1 atom stereocenters. The molecule has 1 aliphatic rings. The van der Waals surface area contributed by atoms with Crippen molar-refractivity contribution in [2.75, 3.05) is 20.2 Å². The first-order valence-electron chi connectivity index (χ1n) is 6.16. The van der Waals surface area contributed by atoms with Gasteiger partial charge >= 0.3 is 0 Å². The summed E-state index contributed by atoms with van der Waals surface area (Å²) in [7, 11) is 1.76. The Bertz CT molecular complexity index is 529. The summed E-state index contributed by atoms with van der Waals surface area (Å²) in [5, 5.41) is 6.07. The molecule has 0 aromatic heterocycles. The molecular formula is C15H17NO. The van der Waals surface area contributed by atoms with Crippen molar-refractivity contribution < 1.29 is 4.74 Å². The molecule has 1 fully saturated rings. The summed E-state index contributed by atoms with van der Waals surface area (Å²) in [6.45, 7) is 2.17. The van der Waals surface area contributed by atoms with Crippen molar-refractivity contribution in [3.05, 3.63) is 42.0 Å². The van der Waals surface area contributed by atoms with Crippen LogP contribution in [0, 0.1) is 0 Å². The van der Waals surface area contributed by atoms with Gasteiger partial charge in [-0.05, 0) is 29.8 Å². The largest absolute Gasteiger partial charge is 0.496 e. The third-order valence-electron chi connectivity index (χ3n) is 3.62. The Morgan fingerprint density at radius 1 is 1.18 bits per heavy atom.